The molecule has 142 valence electrons. The van der Waals surface area contributed by atoms with Crippen LogP contribution in [0.4, 0.5) is 5.69 Å². The van der Waals surface area contributed by atoms with E-state index in [0.717, 1.165) is 30.5 Å². The maximum atomic E-state index is 13.3. The summed E-state index contributed by atoms with van der Waals surface area (Å²) in [6.07, 6.45) is 9.65. The van der Waals surface area contributed by atoms with Crippen LogP contribution in [0.25, 0.3) is 0 Å². The van der Waals surface area contributed by atoms with Gasteiger partial charge in [-0.1, -0.05) is 44.7 Å². The number of hydrogen-bond donors (Lipinski definition) is 1. The summed E-state index contributed by atoms with van der Waals surface area (Å²) in [5.74, 6) is -0.452. The van der Waals surface area contributed by atoms with Gasteiger partial charge in [0.05, 0.1) is 0 Å². The molecule has 1 aliphatic carbocycles. The summed E-state index contributed by atoms with van der Waals surface area (Å²) in [7, 11) is 1.76. The van der Waals surface area contributed by atoms with E-state index >= 15 is 0 Å². The van der Waals surface area contributed by atoms with Gasteiger partial charge >= 0.3 is 0 Å². The van der Waals surface area contributed by atoms with Crippen molar-refractivity contribution in [1.82, 2.24) is 5.32 Å². The first-order valence-corrected chi connectivity index (χ1v) is 9.81. The van der Waals surface area contributed by atoms with Gasteiger partial charge in [-0.15, -0.1) is 0 Å². The van der Waals surface area contributed by atoms with Crippen molar-refractivity contribution in [3.05, 3.63) is 64.9 Å². The fourth-order valence-electron chi connectivity index (χ4n) is 4.47. The monoisotopic (exact) mass is 364 g/mol. The van der Waals surface area contributed by atoms with E-state index in [9.17, 15) is 9.59 Å². The number of nitrogens with zero attached hydrogens (tertiary/aromatic N) is 1. The second-order valence-corrected chi connectivity index (χ2v) is 6.93. The zero-order valence-corrected chi connectivity index (χ0v) is 16.7. The van der Waals surface area contributed by atoms with Crippen molar-refractivity contribution >= 4 is 17.5 Å². The molecule has 27 heavy (non-hydrogen) atoms. The van der Waals surface area contributed by atoms with E-state index in [4.69, 9.17) is 0 Å². The Kier molecular flexibility index (Phi) is 5.09. The molecule has 1 atom stereocenters. The lowest BCUT2D eigenvalue weighted by molar-refractivity contribution is -0.131. The second-order valence-electron chi connectivity index (χ2n) is 6.93. The van der Waals surface area contributed by atoms with Crippen LogP contribution in [-0.4, -0.2) is 18.9 Å². The van der Waals surface area contributed by atoms with Crippen LogP contribution in [0.2, 0.25) is 0 Å². The van der Waals surface area contributed by atoms with Crippen LogP contribution in [-0.2, 0) is 27.8 Å². The number of benzene rings is 1. The summed E-state index contributed by atoms with van der Waals surface area (Å²) < 4.78 is 0. The van der Waals surface area contributed by atoms with Gasteiger partial charge in [-0.25, -0.2) is 0 Å². The Hall–Kier alpha value is -2.62. The minimum atomic E-state index is -1.29. The van der Waals surface area contributed by atoms with E-state index in [1.165, 1.54) is 17.5 Å². The van der Waals surface area contributed by atoms with Crippen LogP contribution in [0.5, 0.6) is 0 Å². The number of amides is 2. The molecule has 1 unspecified atom stereocenters. The fourth-order valence-corrected chi connectivity index (χ4v) is 4.47. The average molecular weight is 364 g/mol. The van der Waals surface area contributed by atoms with Crippen LogP contribution in [0.3, 0.4) is 0 Å². The third-order valence-corrected chi connectivity index (χ3v) is 5.71. The Balaban J connectivity index is 0.00000102. The first-order valence-electron chi connectivity index (χ1n) is 9.81. The van der Waals surface area contributed by atoms with Crippen LogP contribution in [0.1, 0.15) is 50.3 Å². The van der Waals surface area contributed by atoms with E-state index < -0.39 is 5.41 Å². The van der Waals surface area contributed by atoms with Crippen molar-refractivity contribution in [3.8, 4) is 0 Å². The molecule has 1 N–H and O–H groups in total. The number of nitrogens with one attached hydrogen (secondary N) is 1. The Morgan fingerprint density at radius 2 is 1.78 bits per heavy atom. The number of hydrogen-bond acceptors (Lipinski definition) is 2. The number of fused-ring (bicyclic) bond motifs is 3. The maximum Gasteiger partial charge on any atom is 0.251 e. The number of allylic oxidation sites excluding steroid dienone is 4. The maximum absolute atomic E-state index is 13.3. The van der Waals surface area contributed by atoms with Gasteiger partial charge in [0, 0.05) is 29.6 Å². The van der Waals surface area contributed by atoms with E-state index in [-0.39, 0.29) is 11.8 Å². The van der Waals surface area contributed by atoms with Gasteiger partial charge < -0.3 is 10.2 Å². The van der Waals surface area contributed by atoms with E-state index in [0.29, 0.717) is 11.3 Å². The molecule has 4 heteroatoms. The summed E-state index contributed by atoms with van der Waals surface area (Å²) in [4.78, 5) is 28.0. The number of anilines is 1. The first-order chi connectivity index (χ1) is 13.1. The smallest absolute Gasteiger partial charge is 0.251 e. The third-order valence-electron chi connectivity index (χ3n) is 5.71. The highest BCUT2D eigenvalue weighted by Gasteiger charge is 2.62. The lowest BCUT2D eigenvalue weighted by atomic mass is 9.74. The second kappa shape index (κ2) is 7.18. The molecule has 1 aromatic carbocycles. The molecule has 2 amide bonds. The summed E-state index contributed by atoms with van der Waals surface area (Å²) in [5, 5.41) is 2.90. The normalized spacial score (nSPS) is 26.0. The molecular weight excluding hydrogens is 336 g/mol. The Morgan fingerprint density at radius 3 is 2.37 bits per heavy atom. The molecule has 0 saturated carbocycles. The van der Waals surface area contributed by atoms with Crippen molar-refractivity contribution in [2.45, 2.75) is 51.9 Å². The van der Waals surface area contributed by atoms with Gasteiger partial charge in [-0.3, -0.25) is 9.59 Å². The highest BCUT2D eigenvalue weighted by atomic mass is 16.2. The molecule has 2 heterocycles. The van der Waals surface area contributed by atoms with Crippen LogP contribution >= 0.6 is 0 Å². The largest absolute Gasteiger partial charge is 0.325 e. The quantitative estimate of drug-likeness (QED) is 0.767. The molecule has 0 aromatic heterocycles. The fraction of sp³-hybridized carbons (Fsp3) is 0.391. The first kappa shape index (κ1) is 19.2. The van der Waals surface area contributed by atoms with Crippen molar-refractivity contribution in [1.29, 1.82) is 0 Å². The minimum Gasteiger partial charge on any atom is -0.325 e. The number of carbonyl (C=O) groups is 2. The minimum absolute atomic E-state index is 0.188. The van der Waals surface area contributed by atoms with Crippen molar-refractivity contribution in [2.75, 3.05) is 11.9 Å². The predicted molar refractivity (Wildman–Crippen MR) is 110 cm³/mol. The van der Waals surface area contributed by atoms with Crippen molar-refractivity contribution in [3.63, 3.8) is 0 Å². The highest BCUT2D eigenvalue weighted by molar-refractivity contribution is 6.27. The van der Waals surface area contributed by atoms with E-state index in [1.54, 1.807) is 24.1 Å². The number of rotatable bonds is 1. The van der Waals surface area contributed by atoms with Gasteiger partial charge in [0.15, 0.2) is 5.41 Å². The van der Waals surface area contributed by atoms with Crippen molar-refractivity contribution in [2.24, 2.45) is 0 Å². The molecule has 4 rings (SSSR count). The summed E-state index contributed by atoms with van der Waals surface area (Å²) in [6.45, 7) is 9.64. The molecule has 3 aliphatic rings. The summed E-state index contributed by atoms with van der Waals surface area (Å²) in [5.41, 5.74) is 4.34. The van der Waals surface area contributed by atoms with Crippen LogP contribution in [0.15, 0.2) is 48.2 Å². The number of carbonyl (C=O) groups excluding carboxylic acids is 2. The van der Waals surface area contributed by atoms with Gasteiger partial charge in [0.2, 0.25) is 5.91 Å². The third kappa shape index (κ3) is 2.50. The lowest BCUT2D eigenvalue weighted by Gasteiger charge is -2.23. The van der Waals surface area contributed by atoms with Crippen molar-refractivity contribution < 1.29 is 9.59 Å². The molecule has 1 spiro atoms. The molecule has 4 nitrogen and oxygen atoms in total. The Bertz CT molecular complexity index is 879. The topological polar surface area (TPSA) is 49.4 Å². The number of aryl methyl sites for hydroxylation is 2. The summed E-state index contributed by atoms with van der Waals surface area (Å²) >= 11 is 0. The zero-order valence-electron chi connectivity index (χ0n) is 16.7. The average Bonchev–Trinajstić information content (AvgIpc) is 3.10. The van der Waals surface area contributed by atoms with Gasteiger partial charge in [0.1, 0.15) is 0 Å². The van der Waals surface area contributed by atoms with Gasteiger partial charge in [-0.05, 0) is 49.8 Å². The van der Waals surface area contributed by atoms with Gasteiger partial charge in [0.25, 0.3) is 5.91 Å². The van der Waals surface area contributed by atoms with E-state index in [1.807, 2.05) is 26.8 Å². The van der Waals surface area contributed by atoms with Crippen LogP contribution in [0, 0.1) is 0 Å². The standard InChI is InChI=1S/C21H22N2O2.C2H6/c1-4-8-15-17(5-2)22-19(24)21(15)16-11-13-9-6-7-10-14(13)12-18(16)23(3)20(21)25;1-2/h4-5,8,11-12H,1,6-7,9-10H2,2-3H3,(H,22,24);1-2H3/b15-8+,17-5+;. The zero-order chi connectivity index (χ0) is 19.8. The van der Waals surface area contributed by atoms with Gasteiger partial charge in [-0.2, -0.15) is 0 Å². The van der Waals surface area contributed by atoms with Crippen LogP contribution < -0.4 is 10.2 Å². The number of likely N-dealkylation sites (N-methyl/N-ethyl adjacent to an activating group) is 1. The molecule has 0 radical (unpaired) electrons. The molecule has 1 saturated heterocycles. The van der Waals surface area contributed by atoms with E-state index in [2.05, 4.69) is 24.0 Å². The molecule has 1 aromatic rings. The highest BCUT2D eigenvalue weighted by Crippen LogP contribution is 2.51. The lowest BCUT2D eigenvalue weighted by Crippen LogP contribution is -2.45. The SMILES string of the molecule is C=C/C=C1\C(=C/C)NC(=O)C12C(=O)N(C)c1cc3c(cc12)CCCC3.CC. The molecule has 0 bridgehead atoms. The molecular formula is C23H28N2O2. The summed E-state index contributed by atoms with van der Waals surface area (Å²) in [6, 6.07) is 4.21. The Labute approximate surface area is 161 Å². The predicted octanol–water partition coefficient (Wildman–Crippen LogP) is 3.95. The molecule has 1 fully saturated rings. The Morgan fingerprint density at radius 1 is 1.15 bits per heavy atom. The molecule has 2 aliphatic heterocycles.